The Kier molecular flexibility index (Phi) is 6.75. The molecule has 0 saturated carbocycles. The Morgan fingerprint density at radius 3 is 2.45 bits per heavy atom. The maximum Gasteiger partial charge on any atom is 0.0197 e. The van der Waals surface area contributed by atoms with Gasteiger partial charge in [-0.3, -0.25) is 9.80 Å². The van der Waals surface area contributed by atoms with Gasteiger partial charge in [-0.2, -0.15) is 0 Å². The van der Waals surface area contributed by atoms with Gasteiger partial charge in [0.1, 0.15) is 0 Å². The summed E-state index contributed by atoms with van der Waals surface area (Å²) in [6.45, 7) is 12.2. The fraction of sp³-hybridized carbons (Fsp3) is 1.00. The quantitative estimate of drug-likeness (QED) is 0.783. The number of hydrogen-bond donors (Lipinski definition) is 1. The molecule has 2 rings (SSSR count). The lowest BCUT2D eigenvalue weighted by Gasteiger charge is -2.39. The van der Waals surface area contributed by atoms with Crippen LogP contribution in [0.5, 0.6) is 0 Å². The van der Waals surface area contributed by atoms with Crippen molar-refractivity contribution in [3.63, 3.8) is 0 Å². The van der Waals surface area contributed by atoms with Crippen LogP contribution in [0.2, 0.25) is 0 Å². The van der Waals surface area contributed by atoms with E-state index < -0.39 is 0 Å². The minimum absolute atomic E-state index is 0.738. The van der Waals surface area contributed by atoms with E-state index in [1.54, 1.807) is 0 Å². The molecule has 2 heterocycles. The first-order valence-electron chi connectivity index (χ1n) is 8.50. The van der Waals surface area contributed by atoms with Crippen molar-refractivity contribution >= 4 is 0 Å². The van der Waals surface area contributed by atoms with Crippen molar-refractivity contribution in [2.75, 3.05) is 66.5 Å². The highest BCUT2D eigenvalue weighted by atomic mass is 15.3. The number of rotatable bonds is 6. The van der Waals surface area contributed by atoms with Crippen LogP contribution in [0, 0.1) is 5.92 Å². The summed E-state index contributed by atoms with van der Waals surface area (Å²) in [7, 11) is 4.32. The van der Waals surface area contributed by atoms with Gasteiger partial charge < -0.3 is 10.2 Å². The molecule has 0 aliphatic carbocycles. The van der Waals surface area contributed by atoms with E-state index in [1.165, 1.54) is 71.6 Å². The van der Waals surface area contributed by atoms with Crippen molar-refractivity contribution in [2.24, 2.45) is 5.92 Å². The van der Waals surface area contributed by atoms with E-state index in [4.69, 9.17) is 0 Å². The third-order valence-corrected chi connectivity index (χ3v) is 4.99. The molecule has 0 amide bonds. The lowest BCUT2D eigenvalue weighted by Crippen LogP contribution is -2.53. The lowest BCUT2D eigenvalue weighted by molar-refractivity contribution is 0.108. The van der Waals surface area contributed by atoms with Gasteiger partial charge in [0.05, 0.1) is 0 Å². The zero-order chi connectivity index (χ0) is 14.4. The van der Waals surface area contributed by atoms with Crippen LogP contribution in [0.25, 0.3) is 0 Å². The lowest BCUT2D eigenvalue weighted by atomic mass is 9.90. The average molecular weight is 282 g/mol. The number of piperazine rings is 1. The smallest absolute Gasteiger partial charge is 0.0197 e. The summed E-state index contributed by atoms with van der Waals surface area (Å²) in [5.41, 5.74) is 0. The van der Waals surface area contributed by atoms with Crippen molar-refractivity contribution in [2.45, 2.75) is 32.2 Å². The molecule has 2 aliphatic rings. The van der Waals surface area contributed by atoms with E-state index >= 15 is 0 Å². The molecule has 0 aromatic heterocycles. The second kappa shape index (κ2) is 8.32. The zero-order valence-corrected chi connectivity index (χ0v) is 13.8. The minimum atomic E-state index is 0.738. The first-order valence-corrected chi connectivity index (χ1v) is 8.50. The van der Waals surface area contributed by atoms with Crippen LogP contribution in [0.4, 0.5) is 0 Å². The highest BCUT2D eigenvalue weighted by molar-refractivity contribution is 4.82. The fourth-order valence-electron chi connectivity index (χ4n) is 3.45. The summed E-state index contributed by atoms with van der Waals surface area (Å²) in [5, 5.41) is 3.72. The molecule has 2 aliphatic heterocycles. The van der Waals surface area contributed by atoms with Crippen molar-refractivity contribution in [3.8, 4) is 0 Å². The summed E-state index contributed by atoms with van der Waals surface area (Å²) < 4.78 is 0. The summed E-state index contributed by atoms with van der Waals surface area (Å²) in [6, 6.07) is 0.738. The molecule has 2 atom stereocenters. The van der Waals surface area contributed by atoms with Gasteiger partial charge in [-0.25, -0.2) is 0 Å². The van der Waals surface area contributed by atoms with Crippen LogP contribution in [0.1, 0.15) is 26.2 Å². The molecule has 0 aromatic rings. The van der Waals surface area contributed by atoms with Gasteiger partial charge >= 0.3 is 0 Å². The van der Waals surface area contributed by atoms with E-state index in [2.05, 4.69) is 41.0 Å². The molecule has 0 spiro atoms. The number of nitrogens with zero attached hydrogens (tertiary/aromatic N) is 3. The van der Waals surface area contributed by atoms with E-state index in [-0.39, 0.29) is 0 Å². The first-order chi connectivity index (χ1) is 9.67. The number of nitrogens with one attached hydrogen (secondary N) is 1. The summed E-state index contributed by atoms with van der Waals surface area (Å²) in [6.07, 6.45) is 4.12. The van der Waals surface area contributed by atoms with Gasteiger partial charge in [-0.15, -0.1) is 0 Å². The Balaban J connectivity index is 1.64. The van der Waals surface area contributed by atoms with E-state index in [0.717, 1.165) is 12.0 Å². The predicted octanol–water partition coefficient (Wildman–Crippen LogP) is 0.944. The van der Waals surface area contributed by atoms with Crippen LogP contribution < -0.4 is 5.32 Å². The van der Waals surface area contributed by atoms with Gasteiger partial charge in [-0.05, 0) is 39.4 Å². The van der Waals surface area contributed by atoms with Crippen molar-refractivity contribution < 1.29 is 0 Å². The van der Waals surface area contributed by atoms with E-state index in [9.17, 15) is 0 Å². The predicted molar refractivity (Wildman–Crippen MR) is 86.2 cm³/mol. The Morgan fingerprint density at radius 1 is 1.10 bits per heavy atom. The maximum atomic E-state index is 3.72. The molecular formula is C16H34N4. The Labute approximate surface area is 125 Å². The van der Waals surface area contributed by atoms with Crippen molar-refractivity contribution in [3.05, 3.63) is 0 Å². The Morgan fingerprint density at radius 2 is 1.80 bits per heavy atom. The third kappa shape index (κ3) is 5.32. The van der Waals surface area contributed by atoms with Gasteiger partial charge in [0, 0.05) is 51.9 Å². The molecule has 1 N–H and O–H groups in total. The molecule has 2 fully saturated rings. The molecule has 0 bridgehead atoms. The van der Waals surface area contributed by atoms with Gasteiger partial charge in [0.15, 0.2) is 0 Å². The molecule has 4 heteroatoms. The van der Waals surface area contributed by atoms with Crippen molar-refractivity contribution in [1.82, 2.24) is 20.0 Å². The Hall–Kier alpha value is -0.160. The van der Waals surface area contributed by atoms with Gasteiger partial charge in [0.2, 0.25) is 0 Å². The average Bonchev–Trinajstić information content (AvgIpc) is 2.47. The largest absolute Gasteiger partial charge is 0.313 e. The van der Waals surface area contributed by atoms with Crippen LogP contribution in [-0.4, -0.2) is 87.2 Å². The van der Waals surface area contributed by atoms with Crippen molar-refractivity contribution in [1.29, 1.82) is 0 Å². The van der Waals surface area contributed by atoms with Crippen LogP contribution in [-0.2, 0) is 0 Å². The first kappa shape index (κ1) is 16.2. The standard InChI is InChI=1S/C16H34N4/c1-4-15-5-6-17-16(13-15)14-20-11-9-19(10-12-20)8-7-18(2)3/h15-17H,4-14H2,1-3H3. The number of piperidine rings is 1. The SMILES string of the molecule is CCC1CCNC(CN2CCN(CCN(C)C)CC2)C1. The third-order valence-electron chi connectivity index (χ3n) is 4.99. The number of likely N-dealkylation sites (N-methyl/N-ethyl adjacent to an activating group) is 1. The van der Waals surface area contributed by atoms with Crippen LogP contribution in [0.15, 0.2) is 0 Å². The van der Waals surface area contributed by atoms with Crippen LogP contribution >= 0.6 is 0 Å². The molecule has 4 nitrogen and oxygen atoms in total. The molecule has 2 saturated heterocycles. The molecule has 118 valence electrons. The summed E-state index contributed by atoms with van der Waals surface area (Å²) in [4.78, 5) is 7.56. The topological polar surface area (TPSA) is 21.8 Å². The number of hydrogen-bond acceptors (Lipinski definition) is 4. The highest BCUT2D eigenvalue weighted by Gasteiger charge is 2.24. The fourth-order valence-corrected chi connectivity index (χ4v) is 3.45. The maximum absolute atomic E-state index is 3.72. The second-order valence-electron chi connectivity index (χ2n) is 6.90. The molecule has 0 radical (unpaired) electrons. The zero-order valence-electron chi connectivity index (χ0n) is 13.8. The highest BCUT2D eigenvalue weighted by Crippen LogP contribution is 2.20. The van der Waals surface area contributed by atoms with Gasteiger partial charge in [-0.1, -0.05) is 13.3 Å². The normalized spacial score (nSPS) is 30.0. The van der Waals surface area contributed by atoms with Crippen LogP contribution in [0.3, 0.4) is 0 Å². The van der Waals surface area contributed by atoms with E-state index in [1.807, 2.05) is 0 Å². The second-order valence-corrected chi connectivity index (χ2v) is 6.90. The molecular weight excluding hydrogens is 248 g/mol. The summed E-state index contributed by atoms with van der Waals surface area (Å²) >= 11 is 0. The monoisotopic (exact) mass is 282 g/mol. The van der Waals surface area contributed by atoms with Gasteiger partial charge in [0.25, 0.3) is 0 Å². The minimum Gasteiger partial charge on any atom is -0.313 e. The molecule has 20 heavy (non-hydrogen) atoms. The van der Waals surface area contributed by atoms with E-state index in [0.29, 0.717) is 0 Å². The summed E-state index contributed by atoms with van der Waals surface area (Å²) in [5.74, 6) is 0.961. The Bertz CT molecular complexity index is 261. The molecule has 0 aromatic carbocycles. The molecule has 2 unspecified atom stereocenters.